The van der Waals surface area contributed by atoms with Gasteiger partial charge in [0.2, 0.25) is 0 Å². The van der Waals surface area contributed by atoms with Crippen molar-refractivity contribution in [2.45, 2.75) is 58.7 Å². The molecule has 1 fully saturated rings. The minimum atomic E-state index is -0.462. The van der Waals surface area contributed by atoms with E-state index in [9.17, 15) is 4.79 Å². The summed E-state index contributed by atoms with van der Waals surface area (Å²) in [5, 5.41) is 0. The quantitative estimate of drug-likeness (QED) is 0.739. The van der Waals surface area contributed by atoms with Gasteiger partial charge in [0, 0.05) is 0 Å². The monoisotopic (exact) mass is 279 g/mol. The first-order valence-electron chi connectivity index (χ1n) is 7.21. The zero-order valence-corrected chi connectivity index (χ0v) is 13.1. The molecule has 0 saturated carbocycles. The molecule has 2 aliphatic rings. The summed E-state index contributed by atoms with van der Waals surface area (Å²) >= 11 is 0. The number of morpholine rings is 1. The topological polar surface area (TPSA) is 38.8 Å². The molecule has 0 N–H and O–H groups in total. The zero-order valence-electron chi connectivity index (χ0n) is 13.1. The number of nitrogens with zero attached hydrogens (tertiary/aromatic N) is 1. The van der Waals surface area contributed by atoms with Gasteiger partial charge in [0.1, 0.15) is 5.60 Å². The third-order valence-electron chi connectivity index (χ3n) is 3.31. The highest BCUT2D eigenvalue weighted by Crippen LogP contribution is 2.29. The second-order valence-corrected chi connectivity index (χ2v) is 6.81. The number of allylic oxidation sites excluding steroid dienone is 2. The minimum absolute atomic E-state index is 0.0112. The molecule has 2 bridgehead atoms. The van der Waals surface area contributed by atoms with Crippen molar-refractivity contribution in [3.05, 3.63) is 23.3 Å². The van der Waals surface area contributed by atoms with Crippen molar-refractivity contribution in [1.82, 2.24) is 4.90 Å². The average molecular weight is 279 g/mol. The SMILES string of the molecule is CC(C)=CC1=CC2COCC(C1)N2C(=O)OC(C)(C)C. The first-order valence-corrected chi connectivity index (χ1v) is 7.21. The third kappa shape index (κ3) is 3.63. The molecule has 20 heavy (non-hydrogen) atoms. The van der Waals surface area contributed by atoms with Crippen LogP contribution in [0.15, 0.2) is 23.3 Å². The fourth-order valence-corrected chi connectivity index (χ4v) is 2.71. The van der Waals surface area contributed by atoms with Gasteiger partial charge in [-0.1, -0.05) is 17.7 Å². The van der Waals surface area contributed by atoms with Crippen molar-refractivity contribution in [3.8, 4) is 0 Å². The summed E-state index contributed by atoms with van der Waals surface area (Å²) in [4.78, 5) is 14.2. The molecule has 2 aliphatic heterocycles. The third-order valence-corrected chi connectivity index (χ3v) is 3.31. The van der Waals surface area contributed by atoms with Gasteiger partial charge in [-0.2, -0.15) is 0 Å². The molecule has 0 aromatic rings. The normalized spacial score (nSPS) is 25.9. The summed E-state index contributed by atoms with van der Waals surface area (Å²) in [6.45, 7) is 11.0. The summed E-state index contributed by atoms with van der Waals surface area (Å²) in [6.07, 6.45) is 4.92. The van der Waals surface area contributed by atoms with Crippen LogP contribution in [0.3, 0.4) is 0 Å². The average Bonchev–Trinajstić information content (AvgIpc) is 2.24. The molecule has 4 heteroatoms. The number of ether oxygens (including phenoxy) is 2. The maximum absolute atomic E-state index is 12.4. The number of hydrogen-bond acceptors (Lipinski definition) is 3. The molecule has 0 spiro atoms. The summed E-state index contributed by atoms with van der Waals surface area (Å²) < 4.78 is 11.1. The lowest BCUT2D eigenvalue weighted by atomic mass is 9.93. The van der Waals surface area contributed by atoms with Crippen LogP contribution in [0.2, 0.25) is 0 Å². The predicted octanol–water partition coefficient (Wildman–Crippen LogP) is 3.29. The molecule has 0 aromatic heterocycles. The van der Waals surface area contributed by atoms with Crippen LogP contribution in [0, 0.1) is 0 Å². The number of hydrogen-bond donors (Lipinski definition) is 0. The maximum atomic E-state index is 12.4. The van der Waals surface area contributed by atoms with Crippen LogP contribution in [-0.2, 0) is 9.47 Å². The Balaban J connectivity index is 2.18. The van der Waals surface area contributed by atoms with Crippen molar-refractivity contribution >= 4 is 6.09 Å². The molecule has 1 amide bonds. The van der Waals surface area contributed by atoms with Crippen molar-refractivity contribution in [2.75, 3.05) is 13.2 Å². The first kappa shape index (κ1) is 15.1. The minimum Gasteiger partial charge on any atom is -0.444 e. The molecule has 0 aromatic carbocycles. The van der Waals surface area contributed by atoms with E-state index in [2.05, 4.69) is 26.0 Å². The Labute approximate surface area is 121 Å². The largest absolute Gasteiger partial charge is 0.444 e. The van der Waals surface area contributed by atoms with Crippen molar-refractivity contribution in [3.63, 3.8) is 0 Å². The van der Waals surface area contributed by atoms with E-state index >= 15 is 0 Å². The van der Waals surface area contributed by atoms with Crippen LogP contribution >= 0.6 is 0 Å². The molecule has 1 saturated heterocycles. The molecule has 0 radical (unpaired) electrons. The fourth-order valence-electron chi connectivity index (χ4n) is 2.71. The number of amides is 1. The second-order valence-electron chi connectivity index (χ2n) is 6.81. The molecule has 112 valence electrons. The highest BCUT2D eigenvalue weighted by atomic mass is 16.6. The van der Waals surface area contributed by atoms with Gasteiger partial charge in [0.05, 0.1) is 25.3 Å². The second kappa shape index (κ2) is 5.60. The van der Waals surface area contributed by atoms with Crippen molar-refractivity contribution < 1.29 is 14.3 Å². The lowest BCUT2D eigenvalue weighted by molar-refractivity contribution is -0.0531. The molecular weight excluding hydrogens is 254 g/mol. The van der Waals surface area contributed by atoms with E-state index in [1.165, 1.54) is 11.1 Å². The van der Waals surface area contributed by atoms with Crippen LogP contribution in [0.4, 0.5) is 4.79 Å². The summed E-state index contributed by atoms with van der Waals surface area (Å²) in [7, 11) is 0. The fraction of sp³-hybridized carbons (Fsp3) is 0.688. The van der Waals surface area contributed by atoms with Crippen molar-refractivity contribution in [1.29, 1.82) is 0 Å². The Morgan fingerprint density at radius 1 is 1.40 bits per heavy atom. The Morgan fingerprint density at radius 2 is 2.10 bits per heavy atom. The van der Waals surface area contributed by atoms with E-state index in [1.807, 2.05) is 25.7 Å². The Morgan fingerprint density at radius 3 is 2.65 bits per heavy atom. The molecule has 2 unspecified atom stereocenters. The van der Waals surface area contributed by atoms with Crippen LogP contribution in [0.5, 0.6) is 0 Å². The lowest BCUT2D eigenvalue weighted by Gasteiger charge is -2.44. The predicted molar refractivity (Wildman–Crippen MR) is 78.6 cm³/mol. The smallest absolute Gasteiger partial charge is 0.411 e. The molecule has 0 aliphatic carbocycles. The van der Waals surface area contributed by atoms with Crippen LogP contribution in [0.1, 0.15) is 41.0 Å². The highest BCUT2D eigenvalue weighted by molar-refractivity contribution is 5.70. The van der Waals surface area contributed by atoms with Gasteiger partial charge in [-0.25, -0.2) is 4.79 Å². The van der Waals surface area contributed by atoms with Crippen LogP contribution in [-0.4, -0.2) is 41.9 Å². The van der Waals surface area contributed by atoms with E-state index in [0.29, 0.717) is 13.2 Å². The number of rotatable bonds is 1. The van der Waals surface area contributed by atoms with Crippen molar-refractivity contribution in [2.24, 2.45) is 0 Å². The molecule has 2 atom stereocenters. The highest BCUT2D eigenvalue weighted by Gasteiger charge is 2.39. The van der Waals surface area contributed by atoms with E-state index < -0.39 is 5.60 Å². The van der Waals surface area contributed by atoms with Gasteiger partial charge in [0.15, 0.2) is 0 Å². The van der Waals surface area contributed by atoms with Gasteiger partial charge in [-0.3, -0.25) is 4.90 Å². The summed E-state index contributed by atoms with van der Waals surface area (Å²) in [5.41, 5.74) is 2.11. The van der Waals surface area contributed by atoms with E-state index in [4.69, 9.17) is 9.47 Å². The van der Waals surface area contributed by atoms with Gasteiger partial charge in [0.25, 0.3) is 0 Å². The van der Waals surface area contributed by atoms with Gasteiger partial charge in [-0.15, -0.1) is 0 Å². The molecular formula is C16H25NO3. The van der Waals surface area contributed by atoms with E-state index in [0.717, 1.165) is 6.42 Å². The first-order chi connectivity index (χ1) is 9.26. The van der Waals surface area contributed by atoms with E-state index in [1.54, 1.807) is 0 Å². The van der Waals surface area contributed by atoms with Crippen LogP contribution in [0.25, 0.3) is 0 Å². The summed E-state index contributed by atoms with van der Waals surface area (Å²) in [6, 6.07) is 0.0714. The Kier molecular flexibility index (Phi) is 4.23. The molecule has 2 heterocycles. The number of carbonyl (C=O) groups is 1. The standard InChI is InChI=1S/C16H25NO3/c1-11(2)6-12-7-13-9-19-10-14(8-12)17(13)15(18)20-16(3,4)5/h6-7,13-14H,8-10H2,1-5H3. The Bertz CT molecular complexity index is 441. The summed E-state index contributed by atoms with van der Waals surface area (Å²) in [5.74, 6) is 0. The number of fused-ring (bicyclic) bond motifs is 2. The Hall–Kier alpha value is -1.29. The maximum Gasteiger partial charge on any atom is 0.411 e. The van der Waals surface area contributed by atoms with Gasteiger partial charge < -0.3 is 9.47 Å². The zero-order chi connectivity index (χ0) is 14.9. The van der Waals surface area contributed by atoms with Gasteiger partial charge >= 0.3 is 6.09 Å². The molecule has 2 rings (SSSR count). The van der Waals surface area contributed by atoms with Crippen LogP contribution < -0.4 is 0 Å². The lowest BCUT2D eigenvalue weighted by Crippen LogP contribution is -2.57. The van der Waals surface area contributed by atoms with E-state index in [-0.39, 0.29) is 18.2 Å². The van der Waals surface area contributed by atoms with Gasteiger partial charge in [-0.05, 0) is 46.6 Å². The number of carbonyl (C=O) groups excluding carboxylic acids is 1. The molecule has 4 nitrogen and oxygen atoms in total.